The number of hydrogen-bond acceptors (Lipinski definition) is 8. The summed E-state index contributed by atoms with van der Waals surface area (Å²) < 4.78 is 0. The summed E-state index contributed by atoms with van der Waals surface area (Å²) >= 11 is 0. The molecule has 12 N–H and O–H groups in total. The van der Waals surface area contributed by atoms with E-state index in [9.17, 15) is 19.2 Å². The quantitative estimate of drug-likeness (QED) is 0.0741. The van der Waals surface area contributed by atoms with Crippen LogP contribution in [0.1, 0.15) is 104 Å². The van der Waals surface area contributed by atoms with E-state index in [0.29, 0.717) is 38.8 Å². The molecular weight excluding hydrogens is 544 g/mol. The van der Waals surface area contributed by atoms with Gasteiger partial charge in [-0.2, -0.15) is 0 Å². The summed E-state index contributed by atoms with van der Waals surface area (Å²) in [7, 11) is 0. The van der Waals surface area contributed by atoms with E-state index in [1.54, 1.807) is 13.8 Å². The highest BCUT2D eigenvalue weighted by atomic mass is 16.4. The maximum absolute atomic E-state index is 10.4. The number of rotatable bonds is 20. The molecule has 244 valence electrons. The topological polar surface area (TPSA) is 253 Å². The fourth-order valence-corrected chi connectivity index (χ4v) is 2.88. The molecular formula is C30H56N4O8. The molecule has 0 spiro atoms. The number of carboxylic acid groups (broad SMARTS) is 4. The van der Waals surface area contributed by atoms with Crippen LogP contribution in [-0.4, -0.2) is 69.5 Å². The SMILES string of the molecule is C#CCCCCCC(C)C(=O)O.C#CCCCCCC(C)C(=O)O.NCCCC(N)C(=O)O.NCCCC(N)C(=O)O. The minimum Gasteiger partial charge on any atom is -0.481 e. The standard InChI is InChI=1S/2C10H16O2.2C5H12N2O2/c2*1-3-4-5-6-7-8-9(2)10(11)12;2*6-3-1-2-4(7)5(8)9/h2*1,9H,4-8H2,2H3,(H,11,12);2*4H,1-3,6-7H2,(H,8,9). The Morgan fingerprint density at radius 3 is 1.07 bits per heavy atom. The van der Waals surface area contributed by atoms with E-state index in [2.05, 4.69) is 11.8 Å². The molecule has 0 aromatic heterocycles. The van der Waals surface area contributed by atoms with Crippen molar-refractivity contribution in [2.24, 2.45) is 34.8 Å². The van der Waals surface area contributed by atoms with Crippen LogP contribution < -0.4 is 22.9 Å². The van der Waals surface area contributed by atoms with Gasteiger partial charge >= 0.3 is 23.9 Å². The monoisotopic (exact) mass is 600 g/mol. The molecule has 4 unspecified atom stereocenters. The maximum Gasteiger partial charge on any atom is 0.320 e. The molecule has 0 aliphatic carbocycles. The van der Waals surface area contributed by atoms with Gasteiger partial charge in [-0.25, -0.2) is 0 Å². The molecule has 0 radical (unpaired) electrons. The largest absolute Gasteiger partial charge is 0.481 e. The lowest BCUT2D eigenvalue weighted by molar-refractivity contribution is -0.142. The summed E-state index contributed by atoms with van der Waals surface area (Å²) in [6.45, 7) is 4.48. The zero-order valence-electron chi connectivity index (χ0n) is 25.5. The van der Waals surface area contributed by atoms with Crippen LogP contribution in [0.25, 0.3) is 0 Å². The van der Waals surface area contributed by atoms with Crippen LogP contribution in [-0.2, 0) is 19.2 Å². The average Bonchev–Trinajstić information content (AvgIpc) is 2.94. The molecule has 12 nitrogen and oxygen atoms in total. The molecule has 0 aliphatic rings. The van der Waals surface area contributed by atoms with Gasteiger partial charge < -0.3 is 43.4 Å². The van der Waals surface area contributed by atoms with Crippen molar-refractivity contribution in [1.29, 1.82) is 0 Å². The first-order valence-corrected chi connectivity index (χ1v) is 14.4. The van der Waals surface area contributed by atoms with Crippen molar-refractivity contribution in [3.05, 3.63) is 0 Å². The van der Waals surface area contributed by atoms with E-state index in [1.165, 1.54) is 0 Å². The van der Waals surface area contributed by atoms with Gasteiger partial charge in [0.05, 0.1) is 11.8 Å². The van der Waals surface area contributed by atoms with Crippen molar-refractivity contribution in [2.45, 2.75) is 116 Å². The summed E-state index contributed by atoms with van der Waals surface area (Å²) in [5, 5.41) is 33.6. The normalized spacial score (nSPS) is 12.5. The molecule has 42 heavy (non-hydrogen) atoms. The van der Waals surface area contributed by atoms with Gasteiger partial charge in [-0.3, -0.25) is 19.2 Å². The van der Waals surface area contributed by atoms with Gasteiger partial charge in [-0.15, -0.1) is 24.7 Å². The molecule has 0 aromatic carbocycles. The van der Waals surface area contributed by atoms with Crippen LogP contribution in [0.5, 0.6) is 0 Å². The molecule has 0 fully saturated rings. The van der Waals surface area contributed by atoms with Crippen molar-refractivity contribution >= 4 is 23.9 Å². The molecule has 0 aromatic rings. The first-order chi connectivity index (χ1) is 19.7. The highest BCUT2D eigenvalue weighted by molar-refractivity contribution is 5.73. The molecule has 0 saturated carbocycles. The third-order valence-corrected chi connectivity index (χ3v) is 5.83. The van der Waals surface area contributed by atoms with Crippen molar-refractivity contribution in [2.75, 3.05) is 13.1 Å². The average molecular weight is 601 g/mol. The first-order valence-electron chi connectivity index (χ1n) is 14.4. The van der Waals surface area contributed by atoms with Crippen LogP contribution in [0.4, 0.5) is 0 Å². The minimum atomic E-state index is -0.955. The van der Waals surface area contributed by atoms with Gasteiger partial charge in [0, 0.05) is 12.8 Å². The van der Waals surface area contributed by atoms with Gasteiger partial charge in [0.15, 0.2) is 0 Å². The molecule has 0 bridgehead atoms. The first kappa shape index (κ1) is 45.8. The highest BCUT2D eigenvalue weighted by Crippen LogP contribution is 2.10. The fraction of sp³-hybridized carbons (Fsp3) is 0.733. The third-order valence-electron chi connectivity index (χ3n) is 5.83. The van der Waals surface area contributed by atoms with Gasteiger partial charge in [-0.1, -0.05) is 39.5 Å². The van der Waals surface area contributed by atoms with E-state index in [1.807, 2.05) is 0 Å². The van der Waals surface area contributed by atoms with Crippen LogP contribution >= 0.6 is 0 Å². The lowest BCUT2D eigenvalue weighted by Gasteiger charge is -2.03. The highest BCUT2D eigenvalue weighted by Gasteiger charge is 2.11. The van der Waals surface area contributed by atoms with Crippen LogP contribution in [0.2, 0.25) is 0 Å². The Labute approximate surface area is 252 Å². The summed E-state index contributed by atoms with van der Waals surface area (Å²) in [6.07, 6.45) is 21.6. The Kier molecular flexibility index (Phi) is 37.1. The van der Waals surface area contributed by atoms with E-state index < -0.39 is 36.0 Å². The van der Waals surface area contributed by atoms with Gasteiger partial charge in [0.2, 0.25) is 0 Å². The Morgan fingerprint density at radius 2 is 0.857 bits per heavy atom. The number of carbonyl (C=O) groups is 4. The van der Waals surface area contributed by atoms with Crippen molar-refractivity contribution in [1.82, 2.24) is 0 Å². The molecule has 0 saturated heterocycles. The van der Waals surface area contributed by atoms with E-state index in [0.717, 1.165) is 64.2 Å². The van der Waals surface area contributed by atoms with Crippen molar-refractivity contribution < 1.29 is 39.6 Å². The molecule has 0 heterocycles. The zero-order chi connectivity index (χ0) is 33.3. The summed E-state index contributed by atoms with van der Waals surface area (Å²) in [4.78, 5) is 40.9. The van der Waals surface area contributed by atoms with Crippen LogP contribution in [0.3, 0.4) is 0 Å². The maximum atomic E-state index is 10.4. The van der Waals surface area contributed by atoms with Gasteiger partial charge in [-0.05, 0) is 64.5 Å². The molecule has 4 atom stereocenters. The van der Waals surface area contributed by atoms with Crippen molar-refractivity contribution in [3.63, 3.8) is 0 Å². The second kappa shape index (κ2) is 34.0. The Hall–Kier alpha value is -3.16. The predicted molar refractivity (Wildman–Crippen MR) is 165 cm³/mol. The van der Waals surface area contributed by atoms with Crippen LogP contribution in [0, 0.1) is 36.5 Å². The zero-order valence-corrected chi connectivity index (χ0v) is 25.5. The lowest BCUT2D eigenvalue weighted by Crippen LogP contribution is -2.30. The number of unbranched alkanes of at least 4 members (excludes halogenated alkanes) is 6. The predicted octanol–water partition coefficient (Wildman–Crippen LogP) is 2.86. The van der Waals surface area contributed by atoms with E-state index in [4.69, 9.17) is 56.2 Å². The molecule has 0 rings (SSSR count). The van der Waals surface area contributed by atoms with Crippen molar-refractivity contribution in [3.8, 4) is 24.7 Å². The van der Waals surface area contributed by atoms with Crippen LogP contribution in [0.15, 0.2) is 0 Å². The molecule has 0 amide bonds. The van der Waals surface area contributed by atoms with Gasteiger partial charge in [0.1, 0.15) is 12.1 Å². The Morgan fingerprint density at radius 1 is 0.548 bits per heavy atom. The number of aliphatic carboxylic acids is 4. The number of terminal acetylenes is 2. The molecule has 0 aliphatic heterocycles. The number of carboxylic acids is 4. The minimum absolute atomic E-state index is 0.212. The summed E-state index contributed by atoms with van der Waals surface area (Å²) in [6, 6.07) is -1.48. The van der Waals surface area contributed by atoms with Gasteiger partial charge in [0.25, 0.3) is 0 Å². The second-order valence-corrected chi connectivity index (χ2v) is 9.84. The van der Waals surface area contributed by atoms with E-state index in [-0.39, 0.29) is 11.8 Å². The summed E-state index contributed by atoms with van der Waals surface area (Å²) in [5.74, 6) is 1.39. The third kappa shape index (κ3) is 39.0. The molecule has 12 heteroatoms. The van der Waals surface area contributed by atoms with E-state index >= 15 is 0 Å². The Bertz CT molecular complexity index is 716. The lowest BCUT2D eigenvalue weighted by atomic mass is 10.0. The Balaban J connectivity index is -0.000000231. The summed E-state index contributed by atoms with van der Waals surface area (Å²) in [5.41, 5.74) is 20.6. The number of nitrogens with two attached hydrogens (primary N) is 4. The second-order valence-electron chi connectivity index (χ2n) is 9.84. The smallest absolute Gasteiger partial charge is 0.320 e. The number of hydrogen-bond donors (Lipinski definition) is 8. The fourth-order valence-electron chi connectivity index (χ4n) is 2.88.